The molecule has 0 aliphatic heterocycles. The Labute approximate surface area is 341 Å². The first-order chi connectivity index (χ1) is 27.0. The van der Waals surface area contributed by atoms with Crippen LogP contribution in [0.4, 0.5) is 0 Å². The summed E-state index contributed by atoms with van der Waals surface area (Å²) in [5, 5.41) is 23.1. The molecule has 1 amide bonds. The molecule has 0 spiro atoms. The molecule has 2 unspecified atom stereocenters. The SMILES string of the molecule is CCCCCC/C=C\CCCCCCCC(=O)OCCCCCC/C=C\CCCC(=O)NC(CO)C(O)CCCCCCCCCCCCCCCCCC. The molecule has 0 aromatic rings. The van der Waals surface area contributed by atoms with E-state index in [1.165, 1.54) is 148 Å². The molecule has 0 saturated carbocycles. The molecule has 0 saturated heterocycles. The summed E-state index contributed by atoms with van der Waals surface area (Å²) in [5.74, 6) is -0.141. The lowest BCUT2D eigenvalue weighted by atomic mass is 10.0. The largest absolute Gasteiger partial charge is 0.466 e. The van der Waals surface area contributed by atoms with Crippen LogP contribution in [0.5, 0.6) is 0 Å². The van der Waals surface area contributed by atoms with Crippen molar-refractivity contribution in [2.75, 3.05) is 13.2 Å². The van der Waals surface area contributed by atoms with Crippen molar-refractivity contribution in [1.29, 1.82) is 0 Å². The van der Waals surface area contributed by atoms with Crippen molar-refractivity contribution in [1.82, 2.24) is 5.32 Å². The van der Waals surface area contributed by atoms with Gasteiger partial charge in [0, 0.05) is 12.8 Å². The Morgan fingerprint density at radius 2 is 0.873 bits per heavy atom. The third kappa shape index (κ3) is 41.8. The predicted molar refractivity (Wildman–Crippen MR) is 236 cm³/mol. The second kappa shape index (κ2) is 45.0. The standard InChI is InChI=1S/C49H93NO5/c1-3-5-7-9-11-13-15-17-18-19-21-22-25-29-33-37-41-47(52)46(45-51)50-48(53)42-38-34-30-26-24-28-32-36-40-44-55-49(54)43-39-35-31-27-23-20-16-14-12-10-8-6-4-2/h14,16,26,30,46-47,51-52H,3-13,15,17-25,27-29,31-45H2,1-2H3,(H,50,53)/b16-14-,30-26-. The zero-order valence-electron chi connectivity index (χ0n) is 36.7. The van der Waals surface area contributed by atoms with E-state index in [2.05, 4.69) is 43.5 Å². The van der Waals surface area contributed by atoms with Gasteiger partial charge in [0.05, 0.1) is 25.4 Å². The third-order valence-electron chi connectivity index (χ3n) is 11.0. The fraction of sp³-hybridized carbons (Fsp3) is 0.878. The molecule has 2 atom stereocenters. The normalized spacial score (nSPS) is 12.9. The van der Waals surface area contributed by atoms with Gasteiger partial charge in [0.25, 0.3) is 0 Å². The number of hydrogen-bond donors (Lipinski definition) is 3. The zero-order valence-corrected chi connectivity index (χ0v) is 36.7. The van der Waals surface area contributed by atoms with Crippen molar-refractivity contribution in [2.24, 2.45) is 0 Å². The molecule has 0 fully saturated rings. The van der Waals surface area contributed by atoms with Gasteiger partial charge in [0.15, 0.2) is 0 Å². The first kappa shape index (κ1) is 53.3. The molecule has 0 heterocycles. The van der Waals surface area contributed by atoms with Crippen LogP contribution in [0.3, 0.4) is 0 Å². The Bertz CT molecular complexity index is 858. The third-order valence-corrected chi connectivity index (χ3v) is 11.0. The van der Waals surface area contributed by atoms with Crippen molar-refractivity contribution in [3.8, 4) is 0 Å². The van der Waals surface area contributed by atoms with Gasteiger partial charge in [-0.25, -0.2) is 0 Å². The number of rotatable bonds is 44. The topological polar surface area (TPSA) is 95.9 Å². The highest BCUT2D eigenvalue weighted by Crippen LogP contribution is 2.16. The summed E-state index contributed by atoms with van der Waals surface area (Å²) in [7, 11) is 0. The van der Waals surface area contributed by atoms with E-state index in [1.807, 2.05) is 0 Å². The van der Waals surface area contributed by atoms with Gasteiger partial charge < -0.3 is 20.3 Å². The van der Waals surface area contributed by atoms with Crippen LogP contribution < -0.4 is 5.32 Å². The lowest BCUT2D eigenvalue weighted by Crippen LogP contribution is -2.45. The smallest absolute Gasteiger partial charge is 0.305 e. The lowest BCUT2D eigenvalue weighted by molar-refractivity contribution is -0.143. The Balaban J connectivity index is 3.56. The number of unbranched alkanes of at least 4 members (excludes halogenated alkanes) is 29. The second-order valence-corrected chi connectivity index (χ2v) is 16.4. The van der Waals surface area contributed by atoms with Gasteiger partial charge in [-0.1, -0.05) is 192 Å². The fourth-order valence-electron chi connectivity index (χ4n) is 7.22. The van der Waals surface area contributed by atoms with E-state index in [0.29, 0.717) is 25.9 Å². The highest BCUT2D eigenvalue weighted by atomic mass is 16.5. The van der Waals surface area contributed by atoms with Crippen molar-refractivity contribution in [3.63, 3.8) is 0 Å². The van der Waals surface area contributed by atoms with Crippen molar-refractivity contribution < 1.29 is 24.5 Å². The molecule has 0 aliphatic rings. The van der Waals surface area contributed by atoms with Crippen LogP contribution in [0.25, 0.3) is 0 Å². The van der Waals surface area contributed by atoms with E-state index in [4.69, 9.17) is 4.74 Å². The first-order valence-corrected chi connectivity index (χ1v) is 24.1. The minimum atomic E-state index is -0.695. The zero-order chi connectivity index (χ0) is 40.1. The summed E-state index contributed by atoms with van der Waals surface area (Å²) in [4.78, 5) is 24.4. The van der Waals surface area contributed by atoms with E-state index in [9.17, 15) is 19.8 Å². The molecule has 0 rings (SSSR count). The summed E-state index contributed by atoms with van der Waals surface area (Å²) < 4.78 is 5.42. The molecule has 0 aromatic carbocycles. The van der Waals surface area contributed by atoms with Gasteiger partial charge in [-0.05, 0) is 70.6 Å². The van der Waals surface area contributed by atoms with Crippen molar-refractivity contribution >= 4 is 11.9 Å². The first-order valence-electron chi connectivity index (χ1n) is 24.1. The van der Waals surface area contributed by atoms with Crippen LogP contribution in [0.2, 0.25) is 0 Å². The summed E-state index contributed by atoms with van der Waals surface area (Å²) in [6, 6.07) is -0.579. The van der Waals surface area contributed by atoms with Gasteiger partial charge in [0.2, 0.25) is 5.91 Å². The van der Waals surface area contributed by atoms with Crippen LogP contribution in [0.15, 0.2) is 24.3 Å². The number of aliphatic hydroxyl groups is 2. The monoisotopic (exact) mass is 776 g/mol. The number of hydrogen-bond acceptors (Lipinski definition) is 5. The number of esters is 1. The number of carbonyl (C=O) groups is 2. The molecule has 6 nitrogen and oxygen atoms in total. The highest BCUT2D eigenvalue weighted by Gasteiger charge is 2.20. The van der Waals surface area contributed by atoms with Gasteiger partial charge in [0.1, 0.15) is 0 Å². The van der Waals surface area contributed by atoms with E-state index >= 15 is 0 Å². The number of carbonyl (C=O) groups excluding carboxylic acids is 2. The Morgan fingerprint density at radius 3 is 1.35 bits per heavy atom. The minimum Gasteiger partial charge on any atom is -0.466 e. The molecule has 0 aliphatic carbocycles. The van der Waals surface area contributed by atoms with E-state index in [0.717, 1.165) is 70.6 Å². The number of ether oxygens (including phenoxy) is 1. The van der Waals surface area contributed by atoms with Gasteiger partial charge in [-0.3, -0.25) is 9.59 Å². The summed E-state index contributed by atoms with van der Waals surface area (Å²) >= 11 is 0. The number of amides is 1. The van der Waals surface area contributed by atoms with Crippen LogP contribution in [0.1, 0.15) is 251 Å². The van der Waals surface area contributed by atoms with Crippen LogP contribution in [-0.2, 0) is 14.3 Å². The second-order valence-electron chi connectivity index (χ2n) is 16.4. The molecule has 0 radical (unpaired) electrons. The summed E-state index contributed by atoms with van der Waals surface area (Å²) in [6.07, 6.45) is 51.4. The maximum absolute atomic E-state index is 12.4. The van der Waals surface area contributed by atoms with Crippen molar-refractivity contribution in [2.45, 2.75) is 264 Å². The lowest BCUT2D eigenvalue weighted by Gasteiger charge is -2.22. The molecule has 6 heteroatoms. The maximum atomic E-state index is 12.4. The van der Waals surface area contributed by atoms with Crippen LogP contribution in [0, 0.1) is 0 Å². The summed E-state index contributed by atoms with van der Waals surface area (Å²) in [5.41, 5.74) is 0. The van der Waals surface area contributed by atoms with Gasteiger partial charge >= 0.3 is 5.97 Å². The van der Waals surface area contributed by atoms with Crippen LogP contribution in [-0.4, -0.2) is 47.4 Å². The molecule has 55 heavy (non-hydrogen) atoms. The molecule has 0 aromatic heterocycles. The van der Waals surface area contributed by atoms with Gasteiger partial charge in [-0.2, -0.15) is 0 Å². The van der Waals surface area contributed by atoms with E-state index in [-0.39, 0.29) is 18.5 Å². The van der Waals surface area contributed by atoms with E-state index in [1.54, 1.807) is 0 Å². The van der Waals surface area contributed by atoms with Crippen molar-refractivity contribution in [3.05, 3.63) is 24.3 Å². The minimum absolute atomic E-state index is 0.0451. The highest BCUT2D eigenvalue weighted by molar-refractivity contribution is 5.76. The number of aliphatic hydroxyl groups excluding tert-OH is 2. The Hall–Kier alpha value is -1.66. The van der Waals surface area contributed by atoms with Gasteiger partial charge in [-0.15, -0.1) is 0 Å². The average Bonchev–Trinajstić information content (AvgIpc) is 3.18. The molecular weight excluding hydrogens is 683 g/mol. The molecule has 3 N–H and O–H groups in total. The average molecular weight is 776 g/mol. The molecular formula is C49H93NO5. The number of allylic oxidation sites excluding steroid dienone is 4. The Morgan fingerprint density at radius 1 is 0.491 bits per heavy atom. The number of nitrogens with one attached hydrogen (secondary N) is 1. The maximum Gasteiger partial charge on any atom is 0.305 e. The fourth-order valence-corrected chi connectivity index (χ4v) is 7.22. The Kier molecular flexibility index (Phi) is 43.7. The molecule has 0 bridgehead atoms. The van der Waals surface area contributed by atoms with E-state index < -0.39 is 12.1 Å². The summed E-state index contributed by atoms with van der Waals surface area (Å²) in [6.45, 7) is 4.84. The molecule has 324 valence electrons. The predicted octanol–water partition coefficient (Wildman–Crippen LogP) is 14.0. The van der Waals surface area contributed by atoms with Crippen LogP contribution >= 0.6 is 0 Å². The quantitative estimate of drug-likeness (QED) is 0.0325.